The minimum Gasteiger partial charge on any atom is -0.358 e. The number of benzene rings is 1. The summed E-state index contributed by atoms with van der Waals surface area (Å²) in [6.45, 7) is 8.62. The highest BCUT2D eigenvalue weighted by Crippen LogP contribution is 2.35. The van der Waals surface area contributed by atoms with E-state index in [1.165, 1.54) is 16.8 Å². The van der Waals surface area contributed by atoms with E-state index in [1.807, 2.05) is 13.0 Å². The monoisotopic (exact) mass is 354 g/mol. The molecule has 0 spiro atoms. The van der Waals surface area contributed by atoms with Gasteiger partial charge in [-0.2, -0.15) is 0 Å². The molecule has 1 heterocycles. The summed E-state index contributed by atoms with van der Waals surface area (Å²) in [5, 5.41) is 12.2. The number of non-ortho nitro benzene ring substituents is 1. The van der Waals surface area contributed by atoms with Crippen LogP contribution in [0.5, 0.6) is 0 Å². The number of hydrogen-bond acceptors (Lipinski definition) is 2. The summed E-state index contributed by atoms with van der Waals surface area (Å²) in [6, 6.07) is 5.14. The molecular weight excluding hydrogens is 324 g/mol. The first-order chi connectivity index (χ1) is 12.5. The molecule has 0 radical (unpaired) electrons. The third-order valence-electron chi connectivity index (χ3n) is 4.87. The Morgan fingerprint density at radius 3 is 2.69 bits per heavy atom. The number of nitrogens with zero attached hydrogens (tertiary/aromatic N) is 1. The lowest BCUT2D eigenvalue weighted by Gasteiger charge is -2.15. The molecule has 1 unspecified atom stereocenters. The third kappa shape index (κ3) is 4.43. The van der Waals surface area contributed by atoms with Crippen molar-refractivity contribution in [3.63, 3.8) is 0 Å². The van der Waals surface area contributed by atoms with Crippen LogP contribution in [0.4, 0.5) is 5.69 Å². The highest BCUT2D eigenvalue weighted by Gasteiger charge is 2.20. The largest absolute Gasteiger partial charge is 0.358 e. The van der Waals surface area contributed by atoms with Gasteiger partial charge in [-0.05, 0) is 43.4 Å². The molecular formula is C22H30N2O2. The van der Waals surface area contributed by atoms with E-state index in [0.29, 0.717) is 0 Å². The van der Waals surface area contributed by atoms with Crippen molar-refractivity contribution in [2.75, 3.05) is 0 Å². The molecule has 0 aliphatic rings. The molecule has 1 N–H and O–H groups in total. The number of aromatic amines is 1. The number of rotatable bonds is 9. The van der Waals surface area contributed by atoms with Gasteiger partial charge in [-0.15, -0.1) is 0 Å². The van der Waals surface area contributed by atoms with Gasteiger partial charge in [0.15, 0.2) is 0 Å². The zero-order chi connectivity index (χ0) is 19.1. The van der Waals surface area contributed by atoms with E-state index in [0.717, 1.165) is 43.0 Å². The molecule has 0 saturated carbocycles. The molecule has 4 heteroatoms. The molecule has 0 aliphatic heterocycles. The molecule has 1 aromatic heterocycles. The minimum absolute atomic E-state index is 0.156. The molecule has 0 saturated heterocycles. The standard InChI is InChI=1S/C22H30N2O2/c1-5-8-11-17(10-7-3)16(4)22-19(12-9-6-2)20-15-18(24(25)26)13-14-21(20)23-22/h7,10-11,13-16,23H,5-6,8-9,12H2,1-4H3/b10-7-,17-11+. The molecule has 1 atom stereocenters. The van der Waals surface area contributed by atoms with E-state index < -0.39 is 0 Å². The van der Waals surface area contributed by atoms with E-state index in [-0.39, 0.29) is 16.5 Å². The summed E-state index contributed by atoms with van der Waals surface area (Å²) in [5.41, 5.74) is 4.86. The normalized spacial score (nSPS) is 13.6. The summed E-state index contributed by atoms with van der Waals surface area (Å²) in [7, 11) is 0. The first-order valence-corrected chi connectivity index (χ1v) is 9.65. The van der Waals surface area contributed by atoms with Crippen LogP contribution in [0.1, 0.15) is 70.6 Å². The van der Waals surface area contributed by atoms with Crippen LogP contribution in [0, 0.1) is 10.1 Å². The van der Waals surface area contributed by atoms with Crippen molar-refractivity contribution in [1.82, 2.24) is 4.98 Å². The van der Waals surface area contributed by atoms with E-state index in [2.05, 4.69) is 44.0 Å². The van der Waals surface area contributed by atoms with Gasteiger partial charge in [0.2, 0.25) is 0 Å². The lowest BCUT2D eigenvalue weighted by atomic mass is 9.91. The van der Waals surface area contributed by atoms with Crippen molar-refractivity contribution in [2.45, 2.75) is 65.7 Å². The number of aromatic nitrogens is 1. The van der Waals surface area contributed by atoms with Gasteiger partial charge in [0, 0.05) is 34.6 Å². The van der Waals surface area contributed by atoms with Crippen LogP contribution < -0.4 is 0 Å². The fourth-order valence-corrected chi connectivity index (χ4v) is 3.42. The average molecular weight is 354 g/mol. The maximum absolute atomic E-state index is 11.2. The highest BCUT2D eigenvalue weighted by atomic mass is 16.6. The number of unbranched alkanes of at least 4 members (excludes halogenated alkanes) is 2. The maximum atomic E-state index is 11.2. The van der Waals surface area contributed by atoms with Crippen molar-refractivity contribution in [3.05, 3.63) is 63.4 Å². The topological polar surface area (TPSA) is 58.9 Å². The molecule has 1 aromatic carbocycles. The fourth-order valence-electron chi connectivity index (χ4n) is 3.42. The van der Waals surface area contributed by atoms with Crippen LogP contribution in [0.3, 0.4) is 0 Å². The Kier molecular flexibility index (Phi) is 7.19. The summed E-state index contributed by atoms with van der Waals surface area (Å²) in [5.74, 6) is 0.232. The second kappa shape index (κ2) is 9.37. The highest BCUT2D eigenvalue weighted by molar-refractivity contribution is 5.87. The maximum Gasteiger partial charge on any atom is 0.270 e. The zero-order valence-corrected chi connectivity index (χ0v) is 16.3. The number of allylic oxidation sites excluding steroid dienone is 4. The Balaban J connectivity index is 2.58. The Bertz CT molecular complexity index is 815. The zero-order valence-electron chi connectivity index (χ0n) is 16.3. The van der Waals surface area contributed by atoms with Gasteiger partial charge in [0.25, 0.3) is 5.69 Å². The van der Waals surface area contributed by atoms with Gasteiger partial charge in [-0.1, -0.05) is 51.8 Å². The van der Waals surface area contributed by atoms with E-state index in [4.69, 9.17) is 0 Å². The van der Waals surface area contributed by atoms with Crippen LogP contribution in [-0.4, -0.2) is 9.91 Å². The number of H-pyrrole nitrogens is 1. The van der Waals surface area contributed by atoms with Crippen LogP contribution >= 0.6 is 0 Å². The van der Waals surface area contributed by atoms with Crippen LogP contribution in [0.2, 0.25) is 0 Å². The first-order valence-electron chi connectivity index (χ1n) is 9.65. The van der Waals surface area contributed by atoms with E-state index in [1.54, 1.807) is 12.1 Å². The average Bonchev–Trinajstić information content (AvgIpc) is 3.00. The Morgan fingerprint density at radius 2 is 2.08 bits per heavy atom. The predicted molar refractivity (Wildman–Crippen MR) is 110 cm³/mol. The quantitative estimate of drug-likeness (QED) is 0.305. The molecule has 0 amide bonds. The van der Waals surface area contributed by atoms with Crippen LogP contribution in [0.15, 0.2) is 42.0 Å². The number of hydrogen-bond donors (Lipinski definition) is 1. The molecule has 2 aromatic rings. The first kappa shape index (κ1) is 20.0. The summed E-state index contributed by atoms with van der Waals surface area (Å²) < 4.78 is 0. The summed E-state index contributed by atoms with van der Waals surface area (Å²) in [6.07, 6.45) is 11.9. The van der Waals surface area contributed by atoms with Gasteiger partial charge in [0.05, 0.1) is 4.92 Å². The Morgan fingerprint density at radius 1 is 1.31 bits per heavy atom. The summed E-state index contributed by atoms with van der Waals surface area (Å²) in [4.78, 5) is 14.4. The second-order valence-corrected chi connectivity index (χ2v) is 6.82. The Hall–Kier alpha value is -2.36. The smallest absolute Gasteiger partial charge is 0.270 e. The van der Waals surface area contributed by atoms with Gasteiger partial charge in [0.1, 0.15) is 0 Å². The second-order valence-electron chi connectivity index (χ2n) is 6.82. The number of nitrogens with one attached hydrogen (secondary N) is 1. The van der Waals surface area contributed by atoms with E-state index in [9.17, 15) is 10.1 Å². The van der Waals surface area contributed by atoms with Gasteiger partial charge in [-0.3, -0.25) is 10.1 Å². The molecule has 0 fully saturated rings. The predicted octanol–water partition coefficient (Wildman–Crippen LogP) is 6.82. The van der Waals surface area contributed by atoms with E-state index >= 15 is 0 Å². The van der Waals surface area contributed by atoms with Crippen LogP contribution in [0.25, 0.3) is 10.9 Å². The molecule has 26 heavy (non-hydrogen) atoms. The number of fused-ring (bicyclic) bond motifs is 1. The molecule has 140 valence electrons. The minimum atomic E-state index is -0.314. The lowest BCUT2D eigenvalue weighted by Crippen LogP contribution is -2.01. The SMILES string of the molecule is C/C=C\C(=C/CCC)C(C)c1[nH]c2ccc([N+](=O)[O-])cc2c1CCCC. The molecule has 0 aliphatic carbocycles. The number of nitro groups is 1. The fraction of sp³-hybridized carbons (Fsp3) is 0.455. The third-order valence-corrected chi connectivity index (χ3v) is 4.87. The van der Waals surface area contributed by atoms with Crippen molar-refractivity contribution in [1.29, 1.82) is 0 Å². The number of nitro benzene ring substituents is 1. The molecule has 0 bridgehead atoms. The molecule has 2 rings (SSSR count). The van der Waals surface area contributed by atoms with Crippen molar-refractivity contribution >= 4 is 16.6 Å². The van der Waals surface area contributed by atoms with Gasteiger partial charge >= 0.3 is 0 Å². The lowest BCUT2D eigenvalue weighted by molar-refractivity contribution is -0.384. The number of aryl methyl sites for hydroxylation is 1. The van der Waals surface area contributed by atoms with Crippen molar-refractivity contribution in [3.8, 4) is 0 Å². The van der Waals surface area contributed by atoms with Gasteiger partial charge in [-0.25, -0.2) is 0 Å². The Labute approximate surface area is 156 Å². The summed E-state index contributed by atoms with van der Waals surface area (Å²) >= 11 is 0. The van der Waals surface area contributed by atoms with Crippen LogP contribution in [-0.2, 0) is 6.42 Å². The molecule has 4 nitrogen and oxygen atoms in total. The van der Waals surface area contributed by atoms with Gasteiger partial charge < -0.3 is 4.98 Å². The van der Waals surface area contributed by atoms with Crippen molar-refractivity contribution < 1.29 is 4.92 Å². The van der Waals surface area contributed by atoms with Crippen molar-refractivity contribution in [2.24, 2.45) is 0 Å².